The normalized spacial score (nSPS) is 11.7. The number of carbonyl (C=O) groups excluding carboxylic acids is 1. The van der Waals surface area contributed by atoms with Crippen LogP contribution in [0.3, 0.4) is 0 Å². The second-order valence-corrected chi connectivity index (χ2v) is 3.05. The van der Waals surface area contributed by atoms with Crippen molar-refractivity contribution >= 4 is 6.29 Å². The van der Waals surface area contributed by atoms with E-state index >= 15 is 0 Å². The molecule has 0 saturated carbocycles. The molecule has 0 heterocycles. The molecule has 2 heteroatoms. The molecule has 0 aliphatic carbocycles. The Hall–Kier alpha value is -1.62. The van der Waals surface area contributed by atoms with Gasteiger partial charge in [-0.05, 0) is 17.5 Å². The second kappa shape index (κ2) is 4.42. The zero-order valence-electron chi connectivity index (χ0n) is 7.53. The lowest BCUT2D eigenvalue weighted by molar-refractivity contribution is 0.112. The predicted octanol–water partition coefficient (Wildman–Crippen LogP) is 2.52. The van der Waals surface area contributed by atoms with Gasteiger partial charge in [0.1, 0.15) is 6.29 Å². The quantitative estimate of drug-likeness (QED) is 0.659. The Balaban J connectivity index is 2.89. The Kier molecular flexibility index (Phi) is 3.22. The van der Waals surface area contributed by atoms with E-state index in [9.17, 15) is 4.79 Å². The van der Waals surface area contributed by atoms with Crippen molar-refractivity contribution in [3.05, 3.63) is 35.4 Å². The van der Waals surface area contributed by atoms with Crippen LogP contribution in [0.4, 0.5) is 0 Å². The van der Waals surface area contributed by atoms with E-state index in [1.165, 1.54) is 0 Å². The van der Waals surface area contributed by atoms with Crippen molar-refractivity contribution in [1.82, 2.24) is 0 Å². The van der Waals surface area contributed by atoms with E-state index in [4.69, 9.17) is 5.26 Å². The molecular formula is C11H11NO. The number of nitriles is 1. The average molecular weight is 173 g/mol. The summed E-state index contributed by atoms with van der Waals surface area (Å²) in [7, 11) is 0. The highest BCUT2D eigenvalue weighted by atomic mass is 16.1. The van der Waals surface area contributed by atoms with Gasteiger partial charge in [0.25, 0.3) is 0 Å². The van der Waals surface area contributed by atoms with E-state index in [2.05, 4.69) is 6.07 Å². The van der Waals surface area contributed by atoms with Gasteiger partial charge < -0.3 is 0 Å². The van der Waals surface area contributed by atoms with Crippen LogP contribution in [-0.4, -0.2) is 6.29 Å². The highest BCUT2D eigenvalue weighted by Gasteiger charge is 2.04. The third kappa shape index (κ3) is 2.41. The number of hydrogen-bond donors (Lipinski definition) is 0. The summed E-state index contributed by atoms with van der Waals surface area (Å²) in [6, 6.07) is 9.48. The molecule has 0 radical (unpaired) electrons. The van der Waals surface area contributed by atoms with Gasteiger partial charge in [-0.1, -0.05) is 25.1 Å². The van der Waals surface area contributed by atoms with Crippen LogP contribution >= 0.6 is 0 Å². The first-order valence-corrected chi connectivity index (χ1v) is 4.20. The summed E-state index contributed by atoms with van der Waals surface area (Å²) in [6.45, 7) is 1.98. The average Bonchev–Trinajstić information content (AvgIpc) is 2.18. The number of hydrogen-bond acceptors (Lipinski definition) is 2. The largest absolute Gasteiger partial charge is 0.298 e. The maximum absolute atomic E-state index is 10.5. The van der Waals surface area contributed by atoms with E-state index in [1.807, 2.05) is 25.1 Å². The van der Waals surface area contributed by atoms with Gasteiger partial charge in [-0.25, -0.2) is 0 Å². The summed E-state index contributed by atoms with van der Waals surface area (Å²) in [4.78, 5) is 10.5. The van der Waals surface area contributed by atoms with Crippen molar-refractivity contribution in [3.8, 4) is 6.07 Å². The minimum atomic E-state index is 0.199. The fourth-order valence-electron chi connectivity index (χ4n) is 1.19. The standard InChI is InChI=1S/C11H11NO/c1-9(5-6-12)11-4-2-3-10(7-11)8-13/h2-4,7-9H,5H2,1H3. The summed E-state index contributed by atoms with van der Waals surface area (Å²) in [5.74, 6) is 0.199. The zero-order chi connectivity index (χ0) is 9.68. The van der Waals surface area contributed by atoms with Gasteiger partial charge in [0.05, 0.1) is 6.07 Å². The first kappa shape index (κ1) is 9.47. The minimum absolute atomic E-state index is 0.199. The minimum Gasteiger partial charge on any atom is -0.298 e. The molecule has 0 N–H and O–H groups in total. The molecule has 0 bridgehead atoms. The third-order valence-corrected chi connectivity index (χ3v) is 2.01. The second-order valence-electron chi connectivity index (χ2n) is 3.05. The van der Waals surface area contributed by atoms with E-state index in [1.54, 1.807) is 6.07 Å². The number of rotatable bonds is 3. The van der Waals surface area contributed by atoms with Gasteiger partial charge in [-0.2, -0.15) is 5.26 Å². The molecule has 1 unspecified atom stereocenters. The maximum Gasteiger partial charge on any atom is 0.150 e. The fourth-order valence-corrected chi connectivity index (χ4v) is 1.19. The Morgan fingerprint density at radius 1 is 1.62 bits per heavy atom. The molecule has 1 rings (SSSR count). The predicted molar refractivity (Wildman–Crippen MR) is 50.5 cm³/mol. The highest BCUT2D eigenvalue weighted by molar-refractivity contribution is 5.75. The van der Waals surface area contributed by atoms with Crippen LogP contribution in [-0.2, 0) is 0 Å². The lowest BCUT2D eigenvalue weighted by atomic mass is 9.97. The van der Waals surface area contributed by atoms with Crippen LogP contribution in [0.2, 0.25) is 0 Å². The van der Waals surface area contributed by atoms with Crippen molar-refractivity contribution in [2.45, 2.75) is 19.3 Å². The lowest BCUT2D eigenvalue weighted by Gasteiger charge is -2.06. The maximum atomic E-state index is 10.5. The van der Waals surface area contributed by atoms with Crippen LogP contribution < -0.4 is 0 Å². The van der Waals surface area contributed by atoms with Gasteiger partial charge in [-0.15, -0.1) is 0 Å². The van der Waals surface area contributed by atoms with Crippen molar-refractivity contribution in [1.29, 1.82) is 5.26 Å². The highest BCUT2D eigenvalue weighted by Crippen LogP contribution is 2.18. The molecule has 0 saturated heterocycles. The van der Waals surface area contributed by atoms with Crippen LogP contribution in [0, 0.1) is 11.3 Å². The van der Waals surface area contributed by atoms with E-state index < -0.39 is 0 Å². The van der Waals surface area contributed by atoms with Crippen LogP contribution in [0.15, 0.2) is 24.3 Å². The monoisotopic (exact) mass is 173 g/mol. The number of nitrogens with zero attached hydrogens (tertiary/aromatic N) is 1. The molecule has 66 valence electrons. The molecule has 13 heavy (non-hydrogen) atoms. The van der Waals surface area contributed by atoms with E-state index in [0.29, 0.717) is 12.0 Å². The Morgan fingerprint density at radius 3 is 3.00 bits per heavy atom. The number of benzene rings is 1. The van der Waals surface area contributed by atoms with Crippen molar-refractivity contribution < 1.29 is 4.79 Å². The van der Waals surface area contributed by atoms with Gasteiger partial charge in [0.15, 0.2) is 0 Å². The fraction of sp³-hybridized carbons (Fsp3) is 0.273. The Morgan fingerprint density at radius 2 is 2.38 bits per heavy atom. The first-order valence-electron chi connectivity index (χ1n) is 4.20. The molecule has 0 aromatic heterocycles. The summed E-state index contributed by atoms with van der Waals surface area (Å²) >= 11 is 0. The van der Waals surface area contributed by atoms with Crippen molar-refractivity contribution in [3.63, 3.8) is 0 Å². The smallest absolute Gasteiger partial charge is 0.150 e. The molecule has 1 aromatic carbocycles. The topological polar surface area (TPSA) is 40.9 Å². The zero-order valence-corrected chi connectivity index (χ0v) is 7.53. The molecule has 1 atom stereocenters. The molecule has 0 fully saturated rings. The van der Waals surface area contributed by atoms with Crippen LogP contribution in [0.5, 0.6) is 0 Å². The molecule has 0 spiro atoms. The van der Waals surface area contributed by atoms with Gasteiger partial charge in [0, 0.05) is 12.0 Å². The van der Waals surface area contributed by atoms with Gasteiger partial charge in [0.2, 0.25) is 0 Å². The molecule has 0 aliphatic rings. The Labute approximate surface area is 77.8 Å². The van der Waals surface area contributed by atoms with Crippen LogP contribution in [0.1, 0.15) is 35.2 Å². The summed E-state index contributed by atoms with van der Waals surface area (Å²) < 4.78 is 0. The van der Waals surface area contributed by atoms with E-state index in [0.717, 1.165) is 11.8 Å². The SMILES string of the molecule is CC(CC#N)c1cccc(C=O)c1. The molecule has 2 nitrogen and oxygen atoms in total. The summed E-state index contributed by atoms with van der Waals surface area (Å²) in [5.41, 5.74) is 1.72. The summed E-state index contributed by atoms with van der Waals surface area (Å²) in [5, 5.41) is 8.50. The molecular weight excluding hydrogens is 162 g/mol. The summed E-state index contributed by atoms with van der Waals surface area (Å²) in [6.07, 6.45) is 1.31. The number of carbonyl (C=O) groups is 1. The third-order valence-electron chi connectivity index (χ3n) is 2.01. The van der Waals surface area contributed by atoms with Crippen molar-refractivity contribution in [2.24, 2.45) is 0 Å². The lowest BCUT2D eigenvalue weighted by Crippen LogP contribution is -1.93. The first-order chi connectivity index (χ1) is 6.27. The van der Waals surface area contributed by atoms with Gasteiger partial charge >= 0.3 is 0 Å². The molecule has 1 aromatic rings. The Bertz CT molecular complexity index is 338. The van der Waals surface area contributed by atoms with Gasteiger partial charge in [-0.3, -0.25) is 4.79 Å². The molecule has 0 amide bonds. The van der Waals surface area contributed by atoms with E-state index in [-0.39, 0.29) is 5.92 Å². The molecule has 0 aliphatic heterocycles. The van der Waals surface area contributed by atoms with Crippen molar-refractivity contribution in [2.75, 3.05) is 0 Å². The van der Waals surface area contributed by atoms with Crippen LogP contribution in [0.25, 0.3) is 0 Å². The number of aldehydes is 1.